The molecule has 5 aromatic carbocycles. The van der Waals surface area contributed by atoms with E-state index in [1.54, 1.807) is 76.1 Å². The van der Waals surface area contributed by atoms with Crippen LogP contribution in [0.2, 0.25) is 5.28 Å². The zero-order valence-electron chi connectivity index (χ0n) is 52.1. The molecule has 1 aromatic heterocycles. The Kier molecular flexibility index (Phi) is 28.3. The van der Waals surface area contributed by atoms with Gasteiger partial charge in [-0.15, -0.1) is 0 Å². The molecule has 0 radical (unpaired) electrons. The molecule has 486 valence electrons. The van der Waals surface area contributed by atoms with E-state index in [1.807, 2.05) is 39.8 Å². The number of aromatic hydroxyl groups is 2. The number of hydrogen-bond acceptors (Lipinski definition) is 22. The van der Waals surface area contributed by atoms with Gasteiger partial charge in [0, 0.05) is 63.7 Å². The number of methoxy groups -OCH3 is 5. The maximum atomic E-state index is 10.4. The lowest BCUT2D eigenvalue weighted by Gasteiger charge is -2.32. The molecule has 0 bridgehead atoms. The van der Waals surface area contributed by atoms with Gasteiger partial charge in [0.25, 0.3) is 0 Å². The highest BCUT2D eigenvalue weighted by atomic mass is 79.9. The molecule has 0 amide bonds. The van der Waals surface area contributed by atoms with Crippen LogP contribution in [0.5, 0.6) is 57.5 Å². The summed E-state index contributed by atoms with van der Waals surface area (Å²) in [4.78, 5) is 18.4. The number of carbonyl (C=O) groups excluding carboxylic acids is 1. The number of hydrogen-bond donors (Lipinski definition) is 2. The monoisotopic (exact) mass is 1470 g/mol. The fraction of sp³-hybridized carbons (Fsp3) is 0.400. The number of aromatic nitrogens is 2. The summed E-state index contributed by atoms with van der Waals surface area (Å²) in [5.41, 5.74) is 2.87. The van der Waals surface area contributed by atoms with Crippen molar-refractivity contribution in [2.75, 3.05) is 75.2 Å². The van der Waals surface area contributed by atoms with Crippen LogP contribution in [0.25, 0.3) is 11.3 Å². The van der Waals surface area contributed by atoms with Crippen LogP contribution in [0, 0.1) is 45.3 Å². The first-order valence-electron chi connectivity index (χ1n) is 28.7. The zero-order valence-corrected chi connectivity index (χ0v) is 57.6. The molecule has 4 aliphatic heterocycles. The van der Waals surface area contributed by atoms with E-state index in [0.29, 0.717) is 123 Å². The minimum Gasteiger partial charge on any atom is -0.504 e. The molecule has 0 atom stereocenters. The summed E-state index contributed by atoms with van der Waals surface area (Å²) in [6.07, 6.45) is 7.11. The van der Waals surface area contributed by atoms with Gasteiger partial charge < -0.3 is 71.6 Å². The number of phenolic OH excluding ortho intramolecular Hbond substituents is 2. The van der Waals surface area contributed by atoms with Crippen molar-refractivity contribution in [3.8, 4) is 93.0 Å². The van der Waals surface area contributed by atoms with Gasteiger partial charge in [0.15, 0.2) is 63.8 Å². The van der Waals surface area contributed by atoms with Crippen molar-refractivity contribution in [3.05, 3.63) is 119 Å². The summed E-state index contributed by atoms with van der Waals surface area (Å²) in [6.45, 7) is 12.0. The van der Waals surface area contributed by atoms with Crippen LogP contribution in [0.15, 0.2) is 86.3 Å². The van der Waals surface area contributed by atoms with E-state index >= 15 is 0 Å². The molecule has 22 nitrogen and oxygen atoms in total. The SMILES string of the molecule is COc1cc(-c2ccnc(Cl)n2)cc(C#N)c1OC1CCOCC1.COc1cc(B2OC(C)(C)C(C)(C)O2)cc(C#N)c1OC1CCOCC1.COc1cc(Br)cc(C#N)c1O.COc1cc(Br)cc(C#N)c1OC1CCOCC1.COc1cc(Br)cc(C=O)c1O. The third kappa shape index (κ3) is 20.0. The molecule has 5 heterocycles. The molecule has 4 aliphatic rings. The number of aldehydes is 1. The fourth-order valence-corrected chi connectivity index (χ4v) is 10.6. The summed E-state index contributed by atoms with van der Waals surface area (Å²) in [6, 6.07) is 27.0. The highest BCUT2D eigenvalue weighted by Gasteiger charge is 2.52. The first kappa shape index (κ1) is 73.5. The van der Waals surface area contributed by atoms with Gasteiger partial charge in [-0.3, -0.25) is 4.79 Å². The zero-order chi connectivity index (χ0) is 67.1. The average Bonchev–Trinajstić information content (AvgIpc) is 1.60. The van der Waals surface area contributed by atoms with Gasteiger partial charge in [-0.25, -0.2) is 9.97 Å². The summed E-state index contributed by atoms with van der Waals surface area (Å²) in [5, 5.41) is 55.7. The number of carbonyl (C=O) groups is 1. The lowest BCUT2D eigenvalue weighted by molar-refractivity contribution is 0.00578. The molecule has 4 saturated heterocycles. The van der Waals surface area contributed by atoms with Crippen molar-refractivity contribution in [1.29, 1.82) is 21.0 Å². The van der Waals surface area contributed by atoms with Gasteiger partial charge in [-0.1, -0.05) is 47.8 Å². The van der Waals surface area contributed by atoms with Gasteiger partial charge in [-0.05, 0) is 111 Å². The molecule has 4 fully saturated rings. The van der Waals surface area contributed by atoms with Crippen molar-refractivity contribution in [2.45, 2.75) is 95.7 Å². The third-order valence-electron chi connectivity index (χ3n) is 14.8. The highest BCUT2D eigenvalue weighted by molar-refractivity contribution is 9.11. The van der Waals surface area contributed by atoms with Gasteiger partial charge in [0.2, 0.25) is 5.28 Å². The Morgan fingerprint density at radius 1 is 0.543 bits per heavy atom. The van der Waals surface area contributed by atoms with Crippen LogP contribution in [-0.4, -0.2) is 138 Å². The van der Waals surface area contributed by atoms with Crippen molar-refractivity contribution >= 4 is 78.3 Å². The van der Waals surface area contributed by atoms with Crippen LogP contribution in [0.1, 0.15) is 98.8 Å². The summed E-state index contributed by atoms with van der Waals surface area (Å²) < 4.78 is 74.3. The van der Waals surface area contributed by atoms with E-state index in [1.165, 1.54) is 26.4 Å². The number of ether oxygens (including phenoxy) is 11. The number of halogens is 4. The Morgan fingerprint density at radius 2 is 0.924 bits per heavy atom. The quantitative estimate of drug-likeness (QED) is 0.0581. The van der Waals surface area contributed by atoms with E-state index in [9.17, 15) is 25.5 Å². The largest absolute Gasteiger partial charge is 0.504 e. The minimum absolute atomic E-state index is 0.0131. The number of benzene rings is 5. The second-order valence-corrected chi connectivity index (χ2v) is 24.4. The maximum Gasteiger partial charge on any atom is 0.495 e. The molecule has 92 heavy (non-hydrogen) atoms. The Hall–Kier alpha value is -7.60. The van der Waals surface area contributed by atoms with Crippen molar-refractivity contribution in [3.63, 3.8) is 0 Å². The number of nitriles is 4. The highest BCUT2D eigenvalue weighted by Crippen LogP contribution is 2.41. The topological polar surface area (TPSA) is 298 Å². The Labute approximate surface area is 565 Å². The maximum absolute atomic E-state index is 10.4. The average molecular weight is 1480 g/mol. The van der Waals surface area contributed by atoms with Gasteiger partial charge in [0.1, 0.15) is 42.6 Å². The molecule has 10 rings (SSSR count). The Balaban J connectivity index is 0.000000189. The van der Waals surface area contributed by atoms with E-state index in [-0.39, 0.29) is 52.0 Å². The third-order valence-corrected chi connectivity index (χ3v) is 16.3. The van der Waals surface area contributed by atoms with Crippen LogP contribution in [-0.2, 0) is 23.5 Å². The number of nitrogens with zero attached hydrogens (tertiary/aromatic N) is 6. The van der Waals surface area contributed by atoms with Gasteiger partial charge >= 0.3 is 7.12 Å². The first-order chi connectivity index (χ1) is 44.1. The van der Waals surface area contributed by atoms with E-state index in [0.717, 1.165) is 48.5 Å². The predicted molar refractivity (Wildman–Crippen MR) is 351 cm³/mol. The minimum atomic E-state index is -0.557. The lowest BCUT2D eigenvalue weighted by Crippen LogP contribution is -2.41. The van der Waals surface area contributed by atoms with Gasteiger partial charge in [-0.2, -0.15) is 21.0 Å². The summed E-state index contributed by atoms with van der Waals surface area (Å²) in [7, 11) is 6.99. The second-order valence-electron chi connectivity index (χ2n) is 21.3. The van der Waals surface area contributed by atoms with Crippen LogP contribution in [0.4, 0.5) is 0 Å². The molecule has 27 heteroatoms. The molecular weight excluding hydrogens is 1410 g/mol. The van der Waals surface area contributed by atoms with E-state index < -0.39 is 18.3 Å². The fourth-order valence-electron chi connectivity index (χ4n) is 9.16. The molecule has 0 saturated carbocycles. The molecule has 0 unspecified atom stereocenters. The lowest BCUT2D eigenvalue weighted by atomic mass is 9.78. The number of phenols is 2. The molecule has 0 aliphatic carbocycles. The van der Waals surface area contributed by atoms with Crippen molar-refractivity contribution in [2.24, 2.45) is 0 Å². The standard InChI is InChI=1S/C19H26BNO5.C17H16ClN3O3.C13H14BrNO3.C8H6BrNO2.C8H7BrO3/c1-18(2)19(3,4)26-20(25-18)14-10-13(12-21)17(16(11-14)22-5)24-15-6-8-23-9-7-15;1-22-15-9-11(14-2-5-20-17(18)21-14)8-12(10-19)16(15)24-13-3-6-23-7-4-13;1-16-12-7-10(14)6-9(8-15)13(12)18-11-2-4-17-5-3-11;2*1-12-7-3-6(9)2-5(4-10)8(7)11/h10-11,15H,6-9H2,1-5H3;2,5,8-9,13H,3-4,6-7H2,1H3;6-7,11H,2-5H2,1H3;2-3,11H,1H3;2-4,11H,1H3. The summed E-state index contributed by atoms with van der Waals surface area (Å²) >= 11 is 15.6. The Bertz CT molecular complexity index is 3660. The molecule has 0 spiro atoms. The second kappa shape index (κ2) is 35.4. The van der Waals surface area contributed by atoms with Crippen molar-refractivity contribution < 1.29 is 76.4 Å². The van der Waals surface area contributed by atoms with Crippen LogP contribution in [0.3, 0.4) is 0 Å². The van der Waals surface area contributed by atoms with E-state index in [2.05, 4.69) is 76.0 Å². The number of rotatable bonds is 14. The molecule has 6 aromatic rings. The normalized spacial score (nSPS) is 15.7. The molecule has 2 N–H and O–H groups in total. The summed E-state index contributed by atoms with van der Waals surface area (Å²) in [5.74, 6) is 3.36. The van der Waals surface area contributed by atoms with Crippen molar-refractivity contribution in [1.82, 2.24) is 9.97 Å². The first-order valence-corrected chi connectivity index (χ1v) is 31.4. The van der Waals surface area contributed by atoms with Crippen LogP contribution < -0.4 is 43.4 Å². The molecular formula is C65H69BBr3ClN6O16. The predicted octanol–water partition coefficient (Wildman–Crippen LogP) is 12.6. The van der Waals surface area contributed by atoms with Crippen LogP contribution >= 0.6 is 59.4 Å². The smallest absolute Gasteiger partial charge is 0.495 e. The van der Waals surface area contributed by atoms with Gasteiger partial charge in [0.05, 0.1) is 120 Å². The Morgan fingerprint density at radius 3 is 1.35 bits per heavy atom. The van der Waals surface area contributed by atoms with E-state index in [4.69, 9.17) is 83.5 Å².